The second-order valence-electron chi connectivity index (χ2n) is 4.07. The molecule has 0 aromatic heterocycles. The summed E-state index contributed by atoms with van der Waals surface area (Å²) in [6.07, 6.45) is 0.727. The molecule has 0 aliphatic rings. The fourth-order valence-electron chi connectivity index (χ4n) is 1.76. The number of hydrogen-bond acceptors (Lipinski definition) is 4. The molecule has 0 radical (unpaired) electrons. The lowest BCUT2D eigenvalue weighted by Gasteiger charge is -2.10. The van der Waals surface area contributed by atoms with E-state index < -0.39 is 13.9 Å². The van der Waals surface area contributed by atoms with Gasteiger partial charge in [0.1, 0.15) is 5.92 Å². The molecule has 0 aliphatic heterocycles. The molecule has 0 saturated heterocycles. The van der Waals surface area contributed by atoms with Crippen LogP contribution in [-0.4, -0.2) is 25.3 Å². The van der Waals surface area contributed by atoms with Gasteiger partial charge in [0.25, 0.3) is 0 Å². The average Bonchev–Trinajstić information content (AvgIpc) is 2.40. The van der Waals surface area contributed by atoms with Gasteiger partial charge in [-0.3, -0.25) is 4.79 Å². The molecule has 0 amide bonds. The summed E-state index contributed by atoms with van der Waals surface area (Å²) in [5, 5.41) is 0. The molecule has 2 unspecified atom stereocenters. The molecule has 4 nitrogen and oxygen atoms in total. The van der Waals surface area contributed by atoms with Crippen LogP contribution in [0, 0.1) is 5.92 Å². The Balaban J connectivity index is 2.69. The standard InChI is InChI=1S/C14H20O4P/c1-3-17-14(15)13(11-19(16)18-4-2)10-12-8-6-5-7-9-12/h5-9,13H,3-4,10-11H2,1-2H3/q+1. The molecule has 1 rings (SSSR count). The highest BCUT2D eigenvalue weighted by atomic mass is 31.1. The third kappa shape index (κ3) is 5.95. The molecule has 0 bridgehead atoms. The fourth-order valence-corrected chi connectivity index (χ4v) is 2.79. The van der Waals surface area contributed by atoms with Gasteiger partial charge in [0.2, 0.25) is 0 Å². The minimum atomic E-state index is -1.81. The molecule has 0 spiro atoms. The molecular weight excluding hydrogens is 263 g/mol. The number of esters is 1. The van der Waals surface area contributed by atoms with Crippen LogP contribution in [0.2, 0.25) is 0 Å². The molecule has 0 fully saturated rings. The number of rotatable bonds is 8. The van der Waals surface area contributed by atoms with Gasteiger partial charge in [-0.05, 0) is 30.4 Å². The van der Waals surface area contributed by atoms with Crippen molar-refractivity contribution in [3.8, 4) is 0 Å². The monoisotopic (exact) mass is 283 g/mol. The number of hydrogen-bond donors (Lipinski definition) is 0. The first-order chi connectivity index (χ1) is 9.17. The van der Waals surface area contributed by atoms with Crippen molar-refractivity contribution in [3.05, 3.63) is 35.9 Å². The molecule has 0 N–H and O–H groups in total. The first-order valence-corrected chi connectivity index (χ1v) is 7.81. The third-order valence-corrected chi connectivity index (χ3v) is 3.87. The van der Waals surface area contributed by atoms with E-state index in [-0.39, 0.29) is 12.1 Å². The van der Waals surface area contributed by atoms with Crippen LogP contribution in [0.4, 0.5) is 0 Å². The molecule has 1 aromatic rings. The zero-order valence-electron chi connectivity index (χ0n) is 11.4. The second-order valence-corrected chi connectivity index (χ2v) is 5.36. The van der Waals surface area contributed by atoms with Crippen LogP contribution >= 0.6 is 8.03 Å². The van der Waals surface area contributed by atoms with Crippen molar-refractivity contribution < 1.29 is 18.6 Å². The summed E-state index contributed by atoms with van der Waals surface area (Å²) in [5.74, 6) is -0.730. The van der Waals surface area contributed by atoms with Crippen molar-refractivity contribution in [1.82, 2.24) is 0 Å². The lowest BCUT2D eigenvalue weighted by atomic mass is 10.0. The van der Waals surface area contributed by atoms with E-state index in [1.165, 1.54) is 0 Å². The largest absolute Gasteiger partial charge is 0.508 e. The van der Waals surface area contributed by atoms with E-state index in [0.717, 1.165) is 5.56 Å². The fraction of sp³-hybridized carbons (Fsp3) is 0.500. The Morgan fingerprint density at radius 1 is 1.21 bits per heavy atom. The summed E-state index contributed by atoms with van der Waals surface area (Å²) in [7, 11) is -1.81. The third-order valence-electron chi connectivity index (χ3n) is 2.59. The van der Waals surface area contributed by atoms with E-state index in [0.29, 0.717) is 19.6 Å². The van der Waals surface area contributed by atoms with Crippen LogP contribution in [0.15, 0.2) is 30.3 Å². The SMILES string of the molecule is CCOC(=O)C(Cc1ccccc1)C[P+](=O)OCC. The predicted molar refractivity (Wildman–Crippen MR) is 74.4 cm³/mol. The zero-order valence-corrected chi connectivity index (χ0v) is 12.3. The Morgan fingerprint density at radius 3 is 2.47 bits per heavy atom. The van der Waals surface area contributed by atoms with E-state index >= 15 is 0 Å². The Labute approximate surface area is 115 Å². The summed E-state index contributed by atoms with van der Waals surface area (Å²) in [4.78, 5) is 11.9. The molecule has 0 aliphatic carbocycles. The maximum atomic E-state index is 11.9. The van der Waals surface area contributed by atoms with Crippen molar-refractivity contribution in [1.29, 1.82) is 0 Å². The van der Waals surface area contributed by atoms with E-state index in [9.17, 15) is 9.36 Å². The van der Waals surface area contributed by atoms with Gasteiger partial charge in [-0.1, -0.05) is 30.3 Å². The first kappa shape index (κ1) is 15.8. The molecule has 104 valence electrons. The van der Waals surface area contributed by atoms with Crippen molar-refractivity contribution in [3.63, 3.8) is 0 Å². The predicted octanol–water partition coefficient (Wildman–Crippen LogP) is 3.19. The molecule has 0 saturated carbocycles. The molecule has 2 atom stereocenters. The van der Waals surface area contributed by atoms with Gasteiger partial charge in [-0.25, -0.2) is 0 Å². The molecule has 19 heavy (non-hydrogen) atoms. The van der Waals surface area contributed by atoms with Crippen LogP contribution in [0.3, 0.4) is 0 Å². The molecule has 5 heteroatoms. The smallest absolute Gasteiger partial charge is 0.466 e. The maximum absolute atomic E-state index is 11.9. The number of benzene rings is 1. The minimum Gasteiger partial charge on any atom is -0.466 e. The lowest BCUT2D eigenvalue weighted by Crippen LogP contribution is -2.22. The average molecular weight is 283 g/mol. The minimum absolute atomic E-state index is 0.205. The van der Waals surface area contributed by atoms with E-state index in [1.807, 2.05) is 30.3 Å². The molecular formula is C14H20O4P+. The highest BCUT2D eigenvalue weighted by Crippen LogP contribution is 2.27. The van der Waals surface area contributed by atoms with E-state index in [2.05, 4.69) is 0 Å². The van der Waals surface area contributed by atoms with Crippen molar-refractivity contribution in [2.75, 3.05) is 19.4 Å². The second kappa shape index (κ2) is 8.78. The number of ether oxygens (including phenoxy) is 1. The summed E-state index contributed by atoms with van der Waals surface area (Å²) in [5.41, 5.74) is 1.03. The molecule has 0 heterocycles. The summed E-state index contributed by atoms with van der Waals surface area (Å²) in [6.45, 7) is 4.26. The van der Waals surface area contributed by atoms with Gasteiger partial charge < -0.3 is 4.74 Å². The topological polar surface area (TPSA) is 52.6 Å². The van der Waals surface area contributed by atoms with Crippen LogP contribution in [0.5, 0.6) is 0 Å². The molecule has 1 aromatic carbocycles. The Morgan fingerprint density at radius 2 is 1.89 bits per heavy atom. The highest BCUT2D eigenvalue weighted by molar-refractivity contribution is 7.39. The number of carbonyl (C=O) groups excluding carboxylic acids is 1. The van der Waals surface area contributed by atoms with Crippen LogP contribution in [0.1, 0.15) is 19.4 Å². The lowest BCUT2D eigenvalue weighted by molar-refractivity contribution is -0.147. The van der Waals surface area contributed by atoms with E-state index in [4.69, 9.17) is 9.26 Å². The van der Waals surface area contributed by atoms with Crippen LogP contribution < -0.4 is 0 Å². The quantitative estimate of drug-likeness (QED) is 0.543. The van der Waals surface area contributed by atoms with Crippen molar-refractivity contribution in [2.24, 2.45) is 5.92 Å². The summed E-state index contributed by atoms with van der Waals surface area (Å²) in [6, 6.07) is 9.64. The Hall–Kier alpha value is -1.25. The number of carbonyl (C=O) groups is 1. The van der Waals surface area contributed by atoms with Crippen LogP contribution in [-0.2, 0) is 25.0 Å². The van der Waals surface area contributed by atoms with Crippen molar-refractivity contribution >= 4 is 14.0 Å². The van der Waals surface area contributed by atoms with E-state index in [1.54, 1.807) is 13.8 Å². The van der Waals surface area contributed by atoms with Gasteiger partial charge in [-0.15, -0.1) is 4.52 Å². The summed E-state index contributed by atoms with van der Waals surface area (Å²) < 4.78 is 21.7. The van der Waals surface area contributed by atoms with Crippen molar-refractivity contribution in [2.45, 2.75) is 20.3 Å². The van der Waals surface area contributed by atoms with Gasteiger partial charge in [0, 0.05) is 0 Å². The highest BCUT2D eigenvalue weighted by Gasteiger charge is 2.31. The Kier molecular flexibility index (Phi) is 7.31. The normalized spacial score (nSPS) is 12.8. The van der Waals surface area contributed by atoms with Crippen LogP contribution in [0.25, 0.3) is 0 Å². The van der Waals surface area contributed by atoms with Gasteiger partial charge in [-0.2, -0.15) is 0 Å². The van der Waals surface area contributed by atoms with Gasteiger partial charge >= 0.3 is 14.0 Å². The van der Waals surface area contributed by atoms with Gasteiger partial charge in [0.05, 0.1) is 13.2 Å². The van der Waals surface area contributed by atoms with Gasteiger partial charge in [0.15, 0.2) is 6.16 Å². The first-order valence-electron chi connectivity index (χ1n) is 6.45. The Bertz CT molecular complexity index is 405. The summed E-state index contributed by atoms with van der Waals surface area (Å²) >= 11 is 0. The zero-order chi connectivity index (χ0) is 14.1. The maximum Gasteiger partial charge on any atom is 0.508 e.